The smallest absolute Gasteiger partial charge is 0.0697 e. The molecule has 126 valence electrons. The summed E-state index contributed by atoms with van der Waals surface area (Å²) in [4.78, 5) is 4.02. The molecule has 2 aromatic heterocycles. The first kappa shape index (κ1) is 15.8. The van der Waals surface area contributed by atoms with Crippen molar-refractivity contribution in [3.63, 3.8) is 0 Å². The average Bonchev–Trinajstić information content (AvgIpc) is 3.24. The molecule has 0 atom stereocenters. The molecule has 5 heteroatoms. The molecule has 0 unspecified atom stereocenters. The van der Waals surface area contributed by atoms with Gasteiger partial charge in [-0.2, -0.15) is 0 Å². The van der Waals surface area contributed by atoms with Crippen molar-refractivity contribution in [2.75, 3.05) is 5.32 Å². The molecule has 26 heavy (non-hydrogen) atoms. The number of nitrogens with zero attached hydrogens (tertiary/aromatic N) is 4. The van der Waals surface area contributed by atoms with Crippen LogP contribution < -0.4 is 5.32 Å². The zero-order valence-electron chi connectivity index (χ0n) is 14.0. The van der Waals surface area contributed by atoms with E-state index in [2.05, 4.69) is 57.0 Å². The van der Waals surface area contributed by atoms with Gasteiger partial charge in [0.25, 0.3) is 0 Å². The summed E-state index contributed by atoms with van der Waals surface area (Å²) >= 11 is 0. The van der Waals surface area contributed by atoms with E-state index in [0.29, 0.717) is 0 Å². The van der Waals surface area contributed by atoms with E-state index in [1.807, 2.05) is 42.6 Å². The summed E-state index contributed by atoms with van der Waals surface area (Å²) in [7, 11) is 0. The third-order valence-electron chi connectivity index (χ3n) is 3.93. The van der Waals surface area contributed by atoms with Crippen molar-refractivity contribution in [2.45, 2.75) is 0 Å². The van der Waals surface area contributed by atoms with Gasteiger partial charge < -0.3 is 5.32 Å². The number of nitrogens with one attached hydrogen (secondary N) is 1. The average molecular weight is 339 g/mol. The Bertz CT molecular complexity index is 973. The summed E-state index contributed by atoms with van der Waals surface area (Å²) in [6.07, 6.45) is 11.2. The van der Waals surface area contributed by atoms with Crippen LogP contribution in [0.1, 0.15) is 11.1 Å². The summed E-state index contributed by atoms with van der Waals surface area (Å²) in [6, 6.07) is 20.3. The lowest BCUT2D eigenvalue weighted by Crippen LogP contribution is -1.96. The number of benzene rings is 2. The van der Waals surface area contributed by atoms with Crippen LogP contribution in [0.2, 0.25) is 0 Å². The van der Waals surface area contributed by atoms with Gasteiger partial charge in [-0.1, -0.05) is 29.5 Å². The monoisotopic (exact) mass is 339 g/mol. The summed E-state index contributed by atoms with van der Waals surface area (Å²) in [5, 5.41) is 11.2. The molecule has 2 aromatic carbocycles. The Labute approximate surface area is 151 Å². The van der Waals surface area contributed by atoms with E-state index in [4.69, 9.17) is 0 Å². The molecule has 0 spiro atoms. The first-order valence-electron chi connectivity index (χ1n) is 8.29. The Balaban J connectivity index is 1.42. The van der Waals surface area contributed by atoms with Gasteiger partial charge in [0, 0.05) is 23.8 Å². The van der Waals surface area contributed by atoms with Crippen molar-refractivity contribution in [2.24, 2.45) is 0 Å². The van der Waals surface area contributed by atoms with Crippen LogP contribution in [0.25, 0.3) is 17.8 Å². The standard InChI is InChI=1S/C21H17N5/c1(2-18-11-13-22-14-12-18)17-3-5-19(6-4-17)24-20-7-9-21(10-8-20)26-16-15-23-25-26/h1-16,24H/b2-1+. The molecule has 0 aliphatic heterocycles. The summed E-state index contributed by atoms with van der Waals surface area (Å²) < 4.78 is 1.73. The van der Waals surface area contributed by atoms with Crippen molar-refractivity contribution < 1.29 is 0 Å². The fraction of sp³-hybridized carbons (Fsp3) is 0. The molecule has 0 radical (unpaired) electrons. The van der Waals surface area contributed by atoms with E-state index < -0.39 is 0 Å². The van der Waals surface area contributed by atoms with Gasteiger partial charge in [0.1, 0.15) is 0 Å². The highest BCUT2D eigenvalue weighted by atomic mass is 15.4. The number of rotatable bonds is 5. The highest BCUT2D eigenvalue weighted by Crippen LogP contribution is 2.19. The van der Waals surface area contributed by atoms with Gasteiger partial charge in [-0.05, 0) is 59.7 Å². The molecule has 2 heterocycles. The number of hydrogen-bond acceptors (Lipinski definition) is 4. The summed E-state index contributed by atoms with van der Waals surface area (Å²) in [6.45, 7) is 0. The molecule has 0 fully saturated rings. The fourth-order valence-corrected chi connectivity index (χ4v) is 2.55. The quantitative estimate of drug-likeness (QED) is 0.578. The van der Waals surface area contributed by atoms with Crippen molar-refractivity contribution in [3.8, 4) is 5.69 Å². The molecular formula is C21H17N5. The molecule has 4 aromatic rings. The zero-order valence-corrected chi connectivity index (χ0v) is 14.0. The van der Waals surface area contributed by atoms with Crippen molar-refractivity contribution in [3.05, 3.63) is 96.6 Å². The van der Waals surface area contributed by atoms with Gasteiger partial charge in [-0.15, -0.1) is 5.10 Å². The molecule has 0 saturated carbocycles. The maximum atomic E-state index is 4.02. The van der Waals surface area contributed by atoms with Gasteiger partial charge in [-0.3, -0.25) is 4.98 Å². The molecule has 5 nitrogen and oxygen atoms in total. The number of pyridine rings is 1. The number of hydrogen-bond donors (Lipinski definition) is 1. The third-order valence-corrected chi connectivity index (χ3v) is 3.93. The second-order valence-corrected chi connectivity index (χ2v) is 5.76. The topological polar surface area (TPSA) is 55.6 Å². The Kier molecular flexibility index (Phi) is 4.52. The van der Waals surface area contributed by atoms with E-state index in [-0.39, 0.29) is 0 Å². The largest absolute Gasteiger partial charge is 0.356 e. The first-order chi connectivity index (χ1) is 12.9. The lowest BCUT2D eigenvalue weighted by Gasteiger charge is -2.08. The Morgan fingerprint density at radius 2 is 1.31 bits per heavy atom. The normalized spacial score (nSPS) is 10.9. The van der Waals surface area contributed by atoms with Gasteiger partial charge in [-0.25, -0.2) is 4.68 Å². The van der Waals surface area contributed by atoms with Gasteiger partial charge in [0.05, 0.1) is 18.1 Å². The first-order valence-corrected chi connectivity index (χ1v) is 8.29. The predicted octanol–water partition coefficient (Wildman–Crippen LogP) is 4.58. The SMILES string of the molecule is C(=C\c1ccc(Nc2ccc(-n3ccnn3)cc2)cc1)/c1ccncc1. The number of anilines is 2. The maximum absolute atomic E-state index is 4.02. The van der Waals surface area contributed by atoms with E-state index in [1.54, 1.807) is 23.3 Å². The van der Waals surface area contributed by atoms with E-state index >= 15 is 0 Å². The van der Waals surface area contributed by atoms with E-state index in [1.165, 1.54) is 0 Å². The molecule has 4 rings (SSSR count). The minimum absolute atomic E-state index is 0.977. The van der Waals surface area contributed by atoms with Crippen LogP contribution in [0, 0.1) is 0 Å². The molecule has 1 N–H and O–H groups in total. The molecule has 0 aliphatic rings. The van der Waals surface area contributed by atoms with Crippen LogP contribution in [-0.4, -0.2) is 20.0 Å². The molecule has 0 bridgehead atoms. The van der Waals surface area contributed by atoms with E-state index in [9.17, 15) is 0 Å². The van der Waals surface area contributed by atoms with Crippen LogP contribution in [0.4, 0.5) is 11.4 Å². The van der Waals surface area contributed by atoms with Gasteiger partial charge in [0.15, 0.2) is 0 Å². The zero-order chi connectivity index (χ0) is 17.6. The second kappa shape index (κ2) is 7.44. The van der Waals surface area contributed by atoms with Crippen LogP contribution in [0.5, 0.6) is 0 Å². The van der Waals surface area contributed by atoms with E-state index in [0.717, 1.165) is 28.2 Å². The lowest BCUT2D eigenvalue weighted by molar-refractivity contribution is 0.803. The second-order valence-electron chi connectivity index (χ2n) is 5.76. The highest BCUT2D eigenvalue weighted by molar-refractivity contribution is 5.71. The Hall–Kier alpha value is -3.73. The summed E-state index contributed by atoms with van der Waals surface area (Å²) in [5.74, 6) is 0. The molecule has 0 amide bonds. The fourth-order valence-electron chi connectivity index (χ4n) is 2.55. The maximum Gasteiger partial charge on any atom is 0.0697 e. The van der Waals surface area contributed by atoms with Crippen LogP contribution in [-0.2, 0) is 0 Å². The summed E-state index contributed by atoms with van der Waals surface area (Å²) in [5.41, 5.74) is 5.32. The Morgan fingerprint density at radius 3 is 1.92 bits per heavy atom. The van der Waals surface area contributed by atoms with Crippen molar-refractivity contribution in [1.29, 1.82) is 0 Å². The van der Waals surface area contributed by atoms with Crippen molar-refractivity contribution in [1.82, 2.24) is 20.0 Å². The third kappa shape index (κ3) is 3.84. The van der Waals surface area contributed by atoms with Crippen LogP contribution in [0.3, 0.4) is 0 Å². The molecule has 0 aliphatic carbocycles. The minimum Gasteiger partial charge on any atom is -0.356 e. The van der Waals surface area contributed by atoms with Gasteiger partial charge in [0.2, 0.25) is 0 Å². The molecular weight excluding hydrogens is 322 g/mol. The highest BCUT2D eigenvalue weighted by Gasteiger charge is 1.99. The van der Waals surface area contributed by atoms with Crippen LogP contribution in [0.15, 0.2) is 85.5 Å². The van der Waals surface area contributed by atoms with Crippen molar-refractivity contribution >= 4 is 23.5 Å². The number of aromatic nitrogens is 4. The minimum atomic E-state index is 0.977. The van der Waals surface area contributed by atoms with Gasteiger partial charge >= 0.3 is 0 Å². The predicted molar refractivity (Wildman–Crippen MR) is 104 cm³/mol. The molecule has 0 saturated heterocycles. The Morgan fingerprint density at radius 1 is 0.692 bits per heavy atom. The lowest BCUT2D eigenvalue weighted by atomic mass is 10.1. The van der Waals surface area contributed by atoms with Crippen LogP contribution >= 0.6 is 0 Å².